The van der Waals surface area contributed by atoms with E-state index in [1.165, 1.54) is 49.7 Å². The van der Waals surface area contributed by atoms with Gasteiger partial charge in [-0.3, -0.25) is 0 Å². The molecular formula is C28H32. The normalized spacial score (nSPS) is 18.7. The van der Waals surface area contributed by atoms with Crippen molar-refractivity contribution < 1.29 is 0 Å². The van der Waals surface area contributed by atoms with Crippen LogP contribution in [0.3, 0.4) is 0 Å². The molecule has 1 aliphatic carbocycles. The van der Waals surface area contributed by atoms with Crippen LogP contribution in [0.1, 0.15) is 73.1 Å². The van der Waals surface area contributed by atoms with E-state index in [1.807, 2.05) is 6.08 Å². The lowest BCUT2D eigenvalue weighted by atomic mass is 9.77. The van der Waals surface area contributed by atoms with Crippen molar-refractivity contribution in [3.63, 3.8) is 0 Å². The second-order valence-corrected chi connectivity index (χ2v) is 7.98. The Balaban J connectivity index is 1.54. The molecule has 3 rings (SSSR count). The van der Waals surface area contributed by atoms with Crippen LogP contribution in [0.5, 0.6) is 0 Å². The van der Waals surface area contributed by atoms with Crippen molar-refractivity contribution in [1.82, 2.24) is 0 Å². The van der Waals surface area contributed by atoms with E-state index >= 15 is 0 Å². The standard InChI is InChI=1S/C28H32/c1-3-5-7-23-9-11-25(12-10-23)13-14-26-17-21-28(22-18-26)27-19-15-24(16-20-27)8-6-4-2/h3-4,9-12,17-18,21-22,24,27H,1-2,5-8,15-16,19-20H2/t24-,27-. The first-order chi connectivity index (χ1) is 13.8. The highest BCUT2D eigenvalue weighted by Gasteiger charge is 2.21. The van der Waals surface area contributed by atoms with Gasteiger partial charge in [-0.25, -0.2) is 0 Å². The average Bonchev–Trinajstić information content (AvgIpc) is 2.76. The predicted octanol–water partition coefficient (Wildman–Crippen LogP) is 7.45. The van der Waals surface area contributed by atoms with Crippen LogP contribution in [-0.4, -0.2) is 0 Å². The minimum absolute atomic E-state index is 0.727. The number of rotatable bonds is 7. The van der Waals surface area contributed by atoms with Crippen molar-refractivity contribution in [2.24, 2.45) is 5.92 Å². The van der Waals surface area contributed by atoms with Crippen LogP contribution in [0.4, 0.5) is 0 Å². The molecular weight excluding hydrogens is 336 g/mol. The van der Waals surface area contributed by atoms with E-state index in [4.69, 9.17) is 0 Å². The third-order valence-corrected chi connectivity index (χ3v) is 5.95. The van der Waals surface area contributed by atoms with Gasteiger partial charge in [-0.1, -0.05) is 48.3 Å². The fraction of sp³-hybridized carbons (Fsp3) is 0.357. The Hall–Kier alpha value is -2.52. The molecule has 0 bridgehead atoms. The van der Waals surface area contributed by atoms with Crippen LogP contribution >= 0.6 is 0 Å². The first-order valence-corrected chi connectivity index (χ1v) is 10.7. The smallest absolute Gasteiger partial charge is 0.0249 e. The summed E-state index contributed by atoms with van der Waals surface area (Å²) in [6.07, 6.45) is 14.0. The van der Waals surface area contributed by atoms with Gasteiger partial charge >= 0.3 is 0 Å². The van der Waals surface area contributed by atoms with Crippen molar-refractivity contribution in [2.45, 2.75) is 57.3 Å². The van der Waals surface area contributed by atoms with E-state index in [1.54, 1.807) is 0 Å². The van der Waals surface area contributed by atoms with E-state index in [0.29, 0.717) is 0 Å². The third-order valence-electron chi connectivity index (χ3n) is 5.95. The van der Waals surface area contributed by atoms with Gasteiger partial charge in [0.2, 0.25) is 0 Å². The second kappa shape index (κ2) is 10.7. The molecule has 2 aromatic carbocycles. The molecule has 0 heteroatoms. The van der Waals surface area contributed by atoms with Crippen LogP contribution in [0.2, 0.25) is 0 Å². The average molecular weight is 369 g/mol. The SMILES string of the molecule is C=CCCc1ccc(C#Cc2ccc([C@H]3CC[C@H](CCC=C)CC3)cc2)cc1. The second-order valence-electron chi connectivity index (χ2n) is 7.98. The van der Waals surface area contributed by atoms with E-state index in [0.717, 1.165) is 35.8 Å². The van der Waals surface area contributed by atoms with Crippen LogP contribution in [0.15, 0.2) is 73.8 Å². The molecule has 28 heavy (non-hydrogen) atoms. The number of allylic oxidation sites excluding steroid dienone is 2. The topological polar surface area (TPSA) is 0 Å². The summed E-state index contributed by atoms with van der Waals surface area (Å²) >= 11 is 0. The summed E-state index contributed by atoms with van der Waals surface area (Å²) in [5, 5.41) is 0. The first kappa shape index (κ1) is 20.2. The fourth-order valence-corrected chi connectivity index (χ4v) is 4.14. The van der Waals surface area contributed by atoms with Crippen molar-refractivity contribution in [3.8, 4) is 11.8 Å². The van der Waals surface area contributed by atoms with Crippen LogP contribution in [-0.2, 0) is 6.42 Å². The van der Waals surface area contributed by atoms with Crippen molar-refractivity contribution >= 4 is 0 Å². The molecule has 0 unspecified atom stereocenters. The summed E-state index contributed by atoms with van der Waals surface area (Å²) in [6, 6.07) is 17.5. The zero-order valence-corrected chi connectivity index (χ0v) is 17.0. The number of aryl methyl sites for hydroxylation is 1. The Morgan fingerprint density at radius 3 is 1.89 bits per heavy atom. The summed E-state index contributed by atoms with van der Waals surface area (Å²) in [4.78, 5) is 0. The molecule has 0 nitrogen and oxygen atoms in total. The van der Waals surface area contributed by atoms with Gasteiger partial charge in [0.25, 0.3) is 0 Å². The lowest BCUT2D eigenvalue weighted by molar-refractivity contribution is 0.312. The quantitative estimate of drug-likeness (QED) is 0.352. The van der Waals surface area contributed by atoms with Crippen molar-refractivity contribution in [2.75, 3.05) is 0 Å². The molecule has 0 saturated heterocycles. The highest BCUT2D eigenvalue weighted by molar-refractivity contribution is 5.44. The van der Waals surface area contributed by atoms with Gasteiger partial charge in [-0.15, -0.1) is 13.2 Å². The Morgan fingerprint density at radius 2 is 1.32 bits per heavy atom. The van der Waals surface area contributed by atoms with Gasteiger partial charge in [0.15, 0.2) is 0 Å². The maximum absolute atomic E-state index is 3.85. The maximum atomic E-state index is 3.85. The summed E-state index contributed by atoms with van der Waals surface area (Å²) in [7, 11) is 0. The molecule has 2 aromatic rings. The molecule has 1 aliphatic rings. The Kier molecular flexibility index (Phi) is 7.74. The molecule has 0 radical (unpaired) electrons. The van der Waals surface area contributed by atoms with E-state index in [-0.39, 0.29) is 0 Å². The summed E-state index contributed by atoms with van der Waals surface area (Å²) < 4.78 is 0. The van der Waals surface area contributed by atoms with Gasteiger partial charge in [0.1, 0.15) is 0 Å². The highest BCUT2D eigenvalue weighted by atomic mass is 14.3. The van der Waals surface area contributed by atoms with E-state index < -0.39 is 0 Å². The number of hydrogen-bond acceptors (Lipinski definition) is 0. The third kappa shape index (κ3) is 6.00. The van der Waals surface area contributed by atoms with Crippen LogP contribution in [0, 0.1) is 17.8 Å². The van der Waals surface area contributed by atoms with Gasteiger partial charge in [-0.2, -0.15) is 0 Å². The Bertz CT molecular complexity index is 803. The van der Waals surface area contributed by atoms with Crippen molar-refractivity contribution in [1.29, 1.82) is 0 Å². The lowest BCUT2D eigenvalue weighted by Crippen LogP contribution is -2.13. The molecule has 0 amide bonds. The molecule has 1 fully saturated rings. The predicted molar refractivity (Wildman–Crippen MR) is 122 cm³/mol. The summed E-state index contributed by atoms with van der Waals surface area (Å²) in [6.45, 7) is 7.63. The van der Waals surface area contributed by atoms with Gasteiger partial charge < -0.3 is 0 Å². The molecule has 0 aromatic heterocycles. The number of benzene rings is 2. The van der Waals surface area contributed by atoms with Crippen molar-refractivity contribution in [3.05, 3.63) is 96.1 Å². The molecule has 0 aliphatic heterocycles. The van der Waals surface area contributed by atoms with Gasteiger partial charge in [0.05, 0.1) is 0 Å². The summed E-state index contributed by atoms with van der Waals surface area (Å²) in [5.41, 5.74) is 5.00. The Morgan fingerprint density at radius 1 is 0.750 bits per heavy atom. The van der Waals surface area contributed by atoms with Crippen LogP contribution < -0.4 is 0 Å². The zero-order chi connectivity index (χ0) is 19.6. The Labute approximate surface area is 171 Å². The molecule has 0 heterocycles. The first-order valence-electron chi connectivity index (χ1n) is 10.7. The molecule has 144 valence electrons. The fourth-order valence-electron chi connectivity index (χ4n) is 4.14. The van der Waals surface area contributed by atoms with Gasteiger partial charge in [-0.05, 0) is 98.6 Å². The molecule has 0 spiro atoms. The minimum atomic E-state index is 0.727. The van der Waals surface area contributed by atoms with Crippen LogP contribution in [0.25, 0.3) is 0 Å². The van der Waals surface area contributed by atoms with E-state index in [9.17, 15) is 0 Å². The zero-order valence-electron chi connectivity index (χ0n) is 17.0. The minimum Gasteiger partial charge on any atom is -0.103 e. The van der Waals surface area contributed by atoms with Gasteiger partial charge in [0, 0.05) is 11.1 Å². The largest absolute Gasteiger partial charge is 0.103 e. The molecule has 0 atom stereocenters. The summed E-state index contributed by atoms with van der Waals surface area (Å²) in [5.74, 6) is 8.23. The monoisotopic (exact) mass is 368 g/mol. The van der Waals surface area contributed by atoms with E-state index in [2.05, 4.69) is 79.6 Å². The lowest BCUT2D eigenvalue weighted by Gasteiger charge is -2.28. The maximum Gasteiger partial charge on any atom is 0.0249 e. The highest BCUT2D eigenvalue weighted by Crippen LogP contribution is 2.37. The number of hydrogen-bond donors (Lipinski definition) is 0. The molecule has 0 N–H and O–H groups in total. The molecule has 1 saturated carbocycles.